The number of ether oxygens (including phenoxy) is 1. The first kappa shape index (κ1) is 25.8. The molecular formula is C15H24N2O12P2. The maximum atomic E-state index is 12.1. The van der Waals surface area contributed by atoms with Crippen molar-refractivity contribution in [1.29, 1.82) is 0 Å². The monoisotopic (exact) mass is 486 g/mol. The minimum absolute atomic E-state index is 0.125. The van der Waals surface area contributed by atoms with Crippen LogP contribution in [0.2, 0.25) is 0 Å². The van der Waals surface area contributed by atoms with Crippen molar-refractivity contribution in [2.45, 2.75) is 51.0 Å². The highest BCUT2D eigenvalue weighted by Crippen LogP contribution is 2.46. The molecule has 2 heterocycles. The van der Waals surface area contributed by atoms with Gasteiger partial charge in [0.15, 0.2) is 0 Å². The molecule has 31 heavy (non-hydrogen) atoms. The van der Waals surface area contributed by atoms with Gasteiger partial charge in [0.2, 0.25) is 0 Å². The number of hydrogen-bond acceptors (Lipinski definition) is 9. The first-order chi connectivity index (χ1) is 14.4. The third-order valence-electron chi connectivity index (χ3n) is 4.29. The van der Waals surface area contributed by atoms with Crippen molar-refractivity contribution in [2.24, 2.45) is 0 Å². The fraction of sp³-hybridized carbons (Fsp3) is 0.667. The van der Waals surface area contributed by atoms with Crippen LogP contribution in [0.5, 0.6) is 0 Å². The van der Waals surface area contributed by atoms with Crippen molar-refractivity contribution in [3.8, 4) is 0 Å². The molecule has 1 aromatic heterocycles. The van der Waals surface area contributed by atoms with E-state index in [-0.39, 0.29) is 44.5 Å². The van der Waals surface area contributed by atoms with Gasteiger partial charge in [-0.3, -0.25) is 27.9 Å². The summed E-state index contributed by atoms with van der Waals surface area (Å²) in [5, 5.41) is 0. The summed E-state index contributed by atoms with van der Waals surface area (Å²) >= 11 is 0. The number of rotatable bonds is 12. The minimum Gasteiger partial charge on any atom is -0.352 e. The third-order valence-corrected chi connectivity index (χ3v) is 5.85. The minimum atomic E-state index is -4.91. The number of aromatic amines is 1. The average molecular weight is 486 g/mol. The maximum Gasteiger partial charge on any atom is 0.472 e. The van der Waals surface area contributed by atoms with Gasteiger partial charge in [-0.25, -0.2) is 13.9 Å². The Kier molecular flexibility index (Phi) is 9.07. The number of phosphoric acid groups is 2. The zero-order valence-electron chi connectivity index (χ0n) is 16.5. The molecule has 1 aliphatic heterocycles. The van der Waals surface area contributed by atoms with Crippen LogP contribution in [0.25, 0.3) is 0 Å². The fourth-order valence-corrected chi connectivity index (χ4v) is 4.23. The van der Waals surface area contributed by atoms with Gasteiger partial charge in [0.25, 0.3) is 5.56 Å². The number of nitrogens with one attached hydrogen (secondary N) is 1. The number of phosphoric ester groups is 2. The van der Waals surface area contributed by atoms with Gasteiger partial charge < -0.3 is 24.2 Å². The van der Waals surface area contributed by atoms with Crippen LogP contribution >= 0.6 is 15.6 Å². The quantitative estimate of drug-likeness (QED) is 0.177. The van der Waals surface area contributed by atoms with Crippen molar-refractivity contribution in [2.75, 3.05) is 13.2 Å². The van der Waals surface area contributed by atoms with E-state index < -0.39 is 45.3 Å². The lowest BCUT2D eigenvalue weighted by atomic mass is 10.1. The van der Waals surface area contributed by atoms with E-state index in [9.17, 15) is 28.4 Å². The molecule has 0 aliphatic carbocycles. The lowest BCUT2D eigenvalue weighted by Gasteiger charge is -2.20. The van der Waals surface area contributed by atoms with E-state index in [1.54, 1.807) is 0 Å². The Bertz CT molecular complexity index is 969. The molecule has 4 N–H and O–H groups in total. The summed E-state index contributed by atoms with van der Waals surface area (Å²) in [5.74, 6) is 0. The van der Waals surface area contributed by atoms with Crippen LogP contribution in [0.4, 0.5) is 0 Å². The molecule has 0 radical (unpaired) electrons. The van der Waals surface area contributed by atoms with Crippen LogP contribution in [0, 0.1) is 6.92 Å². The average Bonchev–Trinajstić information content (AvgIpc) is 3.02. The maximum absolute atomic E-state index is 12.1. The van der Waals surface area contributed by atoms with Gasteiger partial charge in [0.05, 0.1) is 19.3 Å². The van der Waals surface area contributed by atoms with E-state index in [0.29, 0.717) is 6.29 Å². The lowest BCUT2D eigenvalue weighted by molar-refractivity contribution is -0.108. The molecule has 0 spiro atoms. The van der Waals surface area contributed by atoms with Gasteiger partial charge in [-0.05, 0) is 13.3 Å². The molecule has 0 aromatic carbocycles. The van der Waals surface area contributed by atoms with Gasteiger partial charge >= 0.3 is 21.3 Å². The Labute approximate surface area is 176 Å². The smallest absolute Gasteiger partial charge is 0.352 e. The Balaban J connectivity index is 2.04. The second-order valence-electron chi connectivity index (χ2n) is 6.71. The molecule has 2 rings (SSSR count). The van der Waals surface area contributed by atoms with Crippen LogP contribution < -0.4 is 11.2 Å². The third kappa shape index (κ3) is 8.19. The number of hydrogen-bond donors (Lipinski definition) is 4. The van der Waals surface area contributed by atoms with E-state index >= 15 is 0 Å². The van der Waals surface area contributed by atoms with Crippen molar-refractivity contribution >= 4 is 21.9 Å². The predicted molar refractivity (Wildman–Crippen MR) is 103 cm³/mol. The van der Waals surface area contributed by atoms with Crippen LogP contribution in [-0.2, 0) is 32.2 Å². The van der Waals surface area contributed by atoms with E-state index in [2.05, 4.69) is 9.51 Å². The summed E-state index contributed by atoms with van der Waals surface area (Å²) in [7, 11) is -9.31. The van der Waals surface area contributed by atoms with Crippen molar-refractivity contribution in [1.82, 2.24) is 9.55 Å². The number of unbranched alkanes of at least 4 members (excludes halogenated alkanes) is 1. The second-order valence-corrected chi connectivity index (χ2v) is 9.36. The molecule has 4 unspecified atom stereocenters. The molecule has 1 aliphatic rings. The Morgan fingerprint density at radius 1 is 1.26 bits per heavy atom. The van der Waals surface area contributed by atoms with Gasteiger partial charge in [0, 0.05) is 31.0 Å². The zero-order valence-corrected chi connectivity index (χ0v) is 18.3. The van der Waals surface area contributed by atoms with Crippen molar-refractivity contribution < 1.29 is 46.9 Å². The number of nitrogens with zero attached hydrogens (tertiary/aromatic N) is 1. The van der Waals surface area contributed by atoms with Gasteiger partial charge in [0.1, 0.15) is 18.6 Å². The fourth-order valence-electron chi connectivity index (χ4n) is 2.88. The molecule has 176 valence electrons. The summed E-state index contributed by atoms with van der Waals surface area (Å²) in [6.45, 7) is 0.902. The first-order valence-corrected chi connectivity index (χ1v) is 12.2. The molecule has 1 aromatic rings. The van der Waals surface area contributed by atoms with Gasteiger partial charge in [-0.15, -0.1) is 0 Å². The molecule has 0 bridgehead atoms. The normalized spacial score (nSPS) is 23.5. The highest BCUT2D eigenvalue weighted by molar-refractivity contribution is 7.47. The molecule has 1 saturated heterocycles. The Morgan fingerprint density at radius 2 is 1.94 bits per heavy atom. The zero-order chi connectivity index (χ0) is 23.2. The Hall–Kier alpha value is -1.47. The first-order valence-electron chi connectivity index (χ1n) is 9.19. The summed E-state index contributed by atoms with van der Waals surface area (Å²) in [6.07, 6.45) is -1.18. The van der Waals surface area contributed by atoms with Crippen LogP contribution in [0.3, 0.4) is 0 Å². The number of aromatic nitrogens is 2. The highest BCUT2D eigenvalue weighted by Gasteiger charge is 2.41. The predicted octanol–water partition coefficient (Wildman–Crippen LogP) is 0.113. The van der Waals surface area contributed by atoms with Gasteiger partial charge in [-0.1, -0.05) is 0 Å². The van der Waals surface area contributed by atoms with Crippen LogP contribution in [0.15, 0.2) is 15.8 Å². The van der Waals surface area contributed by atoms with E-state index in [0.717, 1.165) is 4.57 Å². The van der Waals surface area contributed by atoms with Crippen LogP contribution in [0.1, 0.15) is 37.5 Å². The molecule has 0 amide bonds. The molecule has 4 atom stereocenters. The SMILES string of the molecule is Cc1cn(C2CC(OP(=O)(O)O)C(CCOP(=O)(O)OCCCC=O)O2)c(=O)[nH]c1=O. The van der Waals surface area contributed by atoms with E-state index in [1.807, 2.05) is 0 Å². The number of aldehydes is 1. The van der Waals surface area contributed by atoms with E-state index in [1.165, 1.54) is 13.1 Å². The largest absolute Gasteiger partial charge is 0.472 e. The van der Waals surface area contributed by atoms with Gasteiger partial charge in [-0.2, -0.15) is 0 Å². The topological polar surface area (TPSA) is 204 Å². The molecule has 16 heteroatoms. The summed E-state index contributed by atoms with van der Waals surface area (Å²) < 4.78 is 44.0. The summed E-state index contributed by atoms with van der Waals surface area (Å²) in [5.41, 5.74) is -1.15. The number of carbonyl (C=O) groups excluding carboxylic acids is 1. The number of H-pyrrole nitrogens is 1. The second kappa shape index (κ2) is 10.9. The number of aryl methyl sites for hydroxylation is 1. The molecular weight excluding hydrogens is 462 g/mol. The van der Waals surface area contributed by atoms with Crippen molar-refractivity contribution in [3.05, 3.63) is 32.6 Å². The molecule has 0 saturated carbocycles. The number of carbonyl (C=O) groups is 1. The standard InChI is InChI=1S/C15H24N2O12P2/c1-10-9-17(15(20)16-14(10)19)13-8-12(29-30(21,22)23)11(28-13)4-7-27-31(24,25)26-6-3-2-5-18/h5,9,11-13H,2-4,6-8H2,1H3,(H,24,25)(H,16,19,20)(H2,21,22,23). The van der Waals surface area contributed by atoms with E-state index in [4.69, 9.17) is 23.6 Å². The summed E-state index contributed by atoms with van der Waals surface area (Å²) in [4.78, 5) is 63.8. The highest BCUT2D eigenvalue weighted by atomic mass is 31.2. The molecule has 14 nitrogen and oxygen atoms in total. The van der Waals surface area contributed by atoms with Crippen molar-refractivity contribution in [3.63, 3.8) is 0 Å². The lowest BCUT2D eigenvalue weighted by Crippen LogP contribution is -2.33. The summed E-state index contributed by atoms with van der Waals surface area (Å²) in [6, 6.07) is 0. The van der Waals surface area contributed by atoms with Crippen LogP contribution in [-0.4, -0.2) is 55.9 Å². The molecule has 1 fully saturated rings. The Morgan fingerprint density at radius 3 is 2.58 bits per heavy atom.